The molecule has 1 aliphatic carbocycles. The number of hydrogen-bond donors (Lipinski definition) is 2. The van der Waals surface area contributed by atoms with Gasteiger partial charge in [-0.25, -0.2) is 13.1 Å². The minimum absolute atomic E-state index is 0.0617. The molecule has 0 spiro atoms. The van der Waals surface area contributed by atoms with Gasteiger partial charge in [0.1, 0.15) is 0 Å². The zero-order valence-corrected chi connectivity index (χ0v) is 26.5. The Hall–Kier alpha value is -2.92. The van der Waals surface area contributed by atoms with Crippen LogP contribution in [0.15, 0.2) is 47.4 Å². The summed E-state index contributed by atoms with van der Waals surface area (Å²) in [6.45, 7) is 5.95. The molecule has 2 aliphatic rings. The second-order valence-corrected chi connectivity index (χ2v) is 14.2. The Bertz CT molecular complexity index is 1590. The number of halogens is 1. The van der Waals surface area contributed by atoms with Crippen LogP contribution in [0.1, 0.15) is 51.5 Å². The molecular formula is C32H40ClN3O6S. The average Bonchev–Trinajstić information content (AvgIpc) is 3.25. The molecule has 232 valence electrons. The van der Waals surface area contributed by atoms with Crippen molar-refractivity contribution >= 4 is 44.4 Å². The highest BCUT2D eigenvalue weighted by molar-refractivity contribution is 7.89. The maximum absolute atomic E-state index is 13.5. The van der Waals surface area contributed by atoms with Crippen LogP contribution >= 0.6 is 11.6 Å². The molecule has 9 nitrogen and oxygen atoms in total. The smallest absolute Gasteiger partial charge is 0.303 e. The van der Waals surface area contributed by atoms with Gasteiger partial charge in [0.25, 0.3) is 0 Å². The Morgan fingerprint density at radius 3 is 2.44 bits per heavy atom. The Kier molecular flexibility index (Phi) is 9.51. The first kappa shape index (κ1) is 31.5. The van der Waals surface area contributed by atoms with E-state index in [0.717, 1.165) is 22.2 Å². The van der Waals surface area contributed by atoms with Crippen molar-refractivity contribution in [3.63, 3.8) is 0 Å². The summed E-state index contributed by atoms with van der Waals surface area (Å²) in [6.07, 6.45) is 3.02. The molecule has 1 saturated carbocycles. The number of sulfonamides is 1. The van der Waals surface area contributed by atoms with Crippen molar-refractivity contribution in [1.29, 1.82) is 0 Å². The van der Waals surface area contributed by atoms with E-state index in [1.165, 1.54) is 0 Å². The third kappa shape index (κ3) is 6.77. The number of nitrogens with one attached hydrogen (secondary N) is 1. The predicted octanol–water partition coefficient (Wildman–Crippen LogP) is 5.24. The lowest BCUT2D eigenvalue weighted by molar-refractivity contribution is -0.147. The zero-order chi connectivity index (χ0) is 30.9. The van der Waals surface area contributed by atoms with Crippen LogP contribution in [-0.2, 0) is 37.8 Å². The number of aromatic nitrogens is 1. The van der Waals surface area contributed by atoms with Crippen molar-refractivity contribution in [2.24, 2.45) is 18.9 Å². The Labute approximate surface area is 258 Å². The van der Waals surface area contributed by atoms with E-state index in [9.17, 15) is 18.0 Å². The molecule has 2 N–H and O–H groups in total. The number of amides is 1. The van der Waals surface area contributed by atoms with Gasteiger partial charge >= 0.3 is 5.97 Å². The van der Waals surface area contributed by atoms with Crippen molar-refractivity contribution in [2.75, 3.05) is 19.8 Å². The SMILES string of the molecule is CC(C)[C@H]1COCCN1C(=O)[C@H]1CC[C@H](NS(=O)(=O)c2ccc3c(Cl)c(-c4ccc(CCC(=O)O)cc4)n(C)c3c2)CC1. The van der Waals surface area contributed by atoms with Crippen molar-refractivity contribution < 1.29 is 27.9 Å². The Morgan fingerprint density at radius 1 is 1.09 bits per heavy atom. The van der Waals surface area contributed by atoms with Crippen molar-refractivity contribution in [2.45, 2.75) is 69.4 Å². The summed E-state index contributed by atoms with van der Waals surface area (Å²) < 4.78 is 37.3. The molecule has 2 aromatic carbocycles. The van der Waals surface area contributed by atoms with Crippen molar-refractivity contribution in [1.82, 2.24) is 14.2 Å². The van der Waals surface area contributed by atoms with Crippen LogP contribution in [-0.4, -0.2) is 66.7 Å². The second-order valence-electron chi connectivity index (χ2n) is 12.1. The summed E-state index contributed by atoms with van der Waals surface area (Å²) in [6, 6.07) is 12.4. The summed E-state index contributed by atoms with van der Waals surface area (Å²) in [5, 5.41) is 10.2. The molecular weight excluding hydrogens is 590 g/mol. The first-order chi connectivity index (χ1) is 20.5. The molecule has 43 heavy (non-hydrogen) atoms. The highest BCUT2D eigenvalue weighted by Crippen LogP contribution is 2.38. The van der Waals surface area contributed by atoms with Gasteiger partial charge in [0.15, 0.2) is 0 Å². The monoisotopic (exact) mass is 629 g/mol. The molecule has 2 heterocycles. The average molecular weight is 630 g/mol. The van der Waals surface area contributed by atoms with Gasteiger partial charge in [-0.1, -0.05) is 49.7 Å². The highest BCUT2D eigenvalue weighted by Gasteiger charge is 2.36. The Balaban J connectivity index is 1.27. The molecule has 1 aliphatic heterocycles. The van der Waals surface area contributed by atoms with E-state index in [1.807, 2.05) is 40.8 Å². The maximum Gasteiger partial charge on any atom is 0.303 e. The number of carboxylic acid groups (broad SMARTS) is 1. The molecule has 1 atom stereocenters. The summed E-state index contributed by atoms with van der Waals surface area (Å²) in [5.74, 6) is -0.449. The van der Waals surface area contributed by atoms with Crippen LogP contribution in [0, 0.1) is 11.8 Å². The fourth-order valence-corrected chi connectivity index (χ4v) is 8.09. The van der Waals surface area contributed by atoms with Crippen LogP contribution in [0.4, 0.5) is 0 Å². The van der Waals surface area contributed by atoms with E-state index < -0.39 is 16.0 Å². The number of hydrogen-bond acceptors (Lipinski definition) is 5. The molecule has 0 unspecified atom stereocenters. The summed E-state index contributed by atoms with van der Waals surface area (Å²) in [4.78, 5) is 26.4. The Morgan fingerprint density at radius 2 is 1.79 bits per heavy atom. The second kappa shape index (κ2) is 13.0. The van der Waals surface area contributed by atoms with E-state index >= 15 is 0 Å². The van der Waals surface area contributed by atoms with Gasteiger partial charge in [0.2, 0.25) is 15.9 Å². The topological polar surface area (TPSA) is 118 Å². The van der Waals surface area contributed by atoms with Crippen LogP contribution in [0.2, 0.25) is 5.02 Å². The van der Waals surface area contributed by atoms with Gasteiger partial charge in [-0.3, -0.25) is 9.59 Å². The van der Waals surface area contributed by atoms with Crippen molar-refractivity contribution in [3.05, 3.63) is 53.1 Å². The summed E-state index contributed by atoms with van der Waals surface area (Å²) in [7, 11) is -1.95. The number of aryl methyl sites for hydroxylation is 2. The number of rotatable bonds is 9. The first-order valence-corrected chi connectivity index (χ1v) is 16.8. The fraction of sp³-hybridized carbons (Fsp3) is 0.500. The molecule has 0 bridgehead atoms. The lowest BCUT2D eigenvalue weighted by Crippen LogP contribution is -2.53. The summed E-state index contributed by atoms with van der Waals surface area (Å²) >= 11 is 6.78. The predicted molar refractivity (Wildman–Crippen MR) is 167 cm³/mol. The summed E-state index contributed by atoms with van der Waals surface area (Å²) in [5.41, 5.74) is 3.22. The van der Waals surface area contributed by atoms with Gasteiger partial charge < -0.3 is 19.3 Å². The first-order valence-electron chi connectivity index (χ1n) is 15.0. The van der Waals surface area contributed by atoms with Crippen molar-refractivity contribution in [3.8, 4) is 11.3 Å². The maximum atomic E-state index is 13.5. The number of carboxylic acids is 1. The normalized spacial score (nSPS) is 21.4. The van der Waals surface area contributed by atoms with Crippen LogP contribution in [0.5, 0.6) is 0 Å². The van der Waals surface area contributed by atoms with Gasteiger partial charge in [0.05, 0.1) is 40.4 Å². The van der Waals surface area contributed by atoms with Crippen LogP contribution < -0.4 is 4.72 Å². The molecule has 2 fully saturated rings. The van der Waals surface area contributed by atoms with Crippen LogP contribution in [0.25, 0.3) is 22.2 Å². The molecule has 0 radical (unpaired) electrons. The third-order valence-electron chi connectivity index (χ3n) is 8.89. The number of aliphatic carboxylic acids is 1. The fourth-order valence-electron chi connectivity index (χ4n) is 6.37. The number of benzene rings is 2. The molecule has 1 amide bonds. The van der Waals surface area contributed by atoms with Gasteiger partial charge in [-0.2, -0.15) is 0 Å². The highest BCUT2D eigenvalue weighted by atomic mass is 35.5. The molecule has 1 saturated heterocycles. The minimum atomic E-state index is -3.80. The molecule has 3 aromatic rings. The lowest BCUT2D eigenvalue weighted by Gasteiger charge is -2.41. The molecule has 1 aromatic heterocycles. The van der Waals surface area contributed by atoms with E-state index in [1.54, 1.807) is 18.2 Å². The standard InChI is InChI=1S/C32H40ClN3O6S/c1-20(2)28-19-42-17-16-36(28)32(39)23-9-11-24(12-10-23)34-43(40,41)25-13-14-26-27(18-25)35(3)31(30(26)33)22-7-4-21(5-8-22)6-15-29(37)38/h4-5,7-8,13-14,18,20,23-24,28,34H,6,9-12,15-17,19H2,1-3H3,(H,37,38)/t23-,24-,28-/m1/s1. The number of nitrogens with zero attached hydrogens (tertiary/aromatic N) is 2. The van der Waals surface area contributed by atoms with Gasteiger partial charge in [0, 0.05) is 37.4 Å². The number of morpholine rings is 1. The quantitative estimate of drug-likeness (QED) is 0.334. The third-order valence-corrected chi connectivity index (χ3v) is 10.8. The number of ether oxygens (including phenoxy) is 1. The largest absolute Gasteiger partial charge is 0.481 e. The number of carbonyl (C=O) groups excluding carboxylic acids is 1. The number of fused-ring (bicyclic) bond motifs is 1. The van der Waals surface area contributed by atoms with Gasteiger partial charge in [-0.05, 0) is 67.3 Å². The van der Waals surface area contributed by atoms with Crippen LogP contribution in [0.3, 0.4) is 0 Å². The van der Waals surface area contributed by atoms with Gasteiger partial charge in [-0.15, -0.1) is 0 Å². The molecule has 5 rings (SSSR count). The minimum Gasteiger partial charge on any atom is -0.481 e. The van der Waals surface area contributed by atoms with E-state index in [2.05, 4.69) is 18.6 Å². The zero-order valence-electron chi connectivity index (χ0n) is 24.9. The van der Waals surface area contributed by atoms with E-state index in [4.69, 9.17) is 21.4 Å². The number of carbonyl (C=O) groups is 2. The van der Waals surface area contributed by atoms with E-state index in [-0.39, 0.29) is 35.2 Å². The van der Waals surface area contributed by atoms with E-state index in [0.29, 0.717) is 68.3 Å². The lowest BCUT2D eigenvalue weighted by atomic mass is 9.85. The molecule has 11 heteroatoms.